The number of nitro groups is 2. The van der Waals surface area contributed by atoms with Crippen molar-refractivity contribution in [1.82, 2.24) is 9.80 Å². The first-order chi connectivity index (χ1) is 20.0. The van der Waals surface area contributed by atoms with E-state index in [-0.39, 0.29) is 38.8 Å². The van der Waals surface area contributed by atoms with Crippen LogP contribution in [0.4, 0.5) is 22.7 Å². The molecule has 2 saturated heterocycles. The number of rotatable bonds is 9. The monoisotopic (exact) mass is 620 g/mol. The second-order valence-electron chi connectivity index (χ2n) is 11.0. The highest BCUT2D eigenvalue weighted by Crippen LogP contribution is 2.32. The second kappa shape index (κ2) is 13.8. The zero-order chi connectivity index (χ0) is 30.6. The van der Waals surface area contributed by atoms with Gasteiger partial charge in [-0.1, -0.05) is 36.5 Å². The lowest BCUT2D eigenvalue weighted by Gasteiger charge is -2.46. The largest absolute Gasteiger partial charge is 0.323 e. The highest BCUT2D eigenvalue weighted by molar-refractivity contribution is 6.34. The van der Waals surface area contributed by atoms with Crippen LogP contribution in [0.15, 0.2) is 36.4 Å². The zero-order valence-corrected chi connectivity index (χ0v) is 24.9. The number of nitro benzene ring substituents is 2. The van der Waals surface area contributed by atoms with Crippen molar-refractivity contribution in [2.75, 3.05) is 30.3 Å². The van der Waals surface area contributed by atoms with E-state index >= 15 is 0 Å². The lowest BCUT2D eigenvalue weighted by Crippen LogP contribution is -2.65. The van der Waals surface area contributed by atoms with Gasteiger partial charge in [-0.25, -0.2) is 0 Å². The van der Waals surface area contributed by atoms with Crippen LogP contribution in [0.1, 0.15) is 46.0 Å². The smallest absolute Gasteiger partial charge is 0.271 e. The molecular formula is C28H34Cl2N6O6. The first-order valence-electron chi connectivity index (χ1n) is 14.0. The van der Waals surface area contributed by atoms with E-state index in [1.807, 2.05) is 16.7 Å². The van der Waals surface area contributed by atoms with Gasteiger partial charge in [0.05, 0.1) is 31.3 Å². The van der Waals surface area contributed by atoms with Gasteiger partial charge in [0.25, 0.3) is 11.4 Å². The minimum Gasteiger partial charge on any atom is -0.323 e. The maximum Gasteiger partial charge on any atom is 0.271 e. The summed E-state index contributed by atoms with van der Waals surface area (Å²) in [7, 11) is 0. The summed E-state index contributed by atoms with van der Waals surface area (Å²) in [6, 6.07) is 5.74. The summed E-state index contributed by atoms with van der Waals surface area (Å²) in [6.07, 6.45) is 4.54. The molecule has 0 spiro atoms. The number of benzene rings is 2. The van der Waals surface area contributed by atoms with E-state index in [1.54, 1.807) is 0 Å². The van der Waals surface area contributed by atoms with Crippen LogP contribution in [0.5, 0.6) is 0 Å². The fourth-order valence-electron chi connectivity index (χ4n) is 5.85. The van der Waals surface area contributed by atoms with Gasteiger partial charge in [-0.2, -0.15) is 0 Å². The van der Waals surface area contributed by atoms with Crippen LogP contribution in [0.3, 0.4) is 0 Å². The normalized spacial score (nSPS) is 21.2. The average molecular weight is 622 g/mol. The topological polar surface area (TPSA) is 151 Å². The molecule has 4 unspecified atom stereocenters. The predicted octanol–water partition coefficient (Wildman–Crippen LogP) is 5.73. The van der Waals surface area contributed by atoms with Gasteiger partial charge < -0.3 is 10.6 Å². The number of halogens is 2. The third-order valence-corrected chi connectivity index (χ3v) is 8.60. The number of anilines is 2. The van der Waals surface area contributed by atoms with E-state index in [2.05, 4.69) is 17.6 Å². The summed E-state index contributed by atoms with van der Waals surface area (Å²) >= 11 is 12.6. The number of hydrogen-bond acceptors (Lipinski definition) is 8. The van der Waals surface area contributed by atoms with Gasteiger partial charge in [-0.3, -0.25) is 39.6 Å². The van der Waals surface area contributed by atoms with E-state index in [4.69, 9.17) is 23.2 Å². The first-order valence-corrected chi connectivity index (χ1v) is 14.7. The molecule has 0 aliphatic carbocycles. The summed E-state index contributed by atoms with van der Waals surface area (Å²) in [5.41, 5.74) is -0.0179. The Bertz CT molecular complexity index is 1360. The SMILES string of the molecule is CC1CCCN(C(C(=O)Nc2ccc([N+](=O)[O-])cc2Cl)C(C(=O)Nc2ccc([N+](=O)[O-])cc2Cl)N2CCCCC2C)C1. The van der Waals surface area contributed by atoms with Crippen LogP contribution in [-0.2, 0) is 9.59 Å². The molecule has 42 heavy (non-hydrogen) atoms. The minimum atomic E-state index is -0.936. The number of nitrogens with one attached hydrogen (secondary N) is 2. The highest BCUT2D eigenvalue weighted by Gasteiger charge is 2.45. The van der Waals surface area contributed by atoms with Crippen LogP contribution < -0.4 is 10.6 Å². The molecule has 2 aromatic rings. The molecule has 0 radical (unpaired) electrons. The maximum absolute atomic E-state index is 14.2. The van der Waals surface area contributed by atoms with E-state index in [0.717, 1.165) is 32.1 Å². The molecule has 2 N–H and O–H groups in total. The second-order valence-corrected chi connectivity index (χ2v) is 11.9. The zero-order valence-electron chi connectivity index (χ0n) is 23.4. The number of nitrogens with zero attached hydrogens (tertiary/aromatic N) is 4. The summed E-state index contributed by atoms with van der Waals surface area (Å²) in [6.45, 7) is 5.92. The van der Waals surface area contributed by atoms with Crippen molar-refractivity contribution in [3.05, 3.63) is 66.7 Å². The Morgan fingerprint density at radius 2 is 1.38 bits per heavy atom. The van der Waals surface area contributed by atoms with Gasteiger partial charge in [0.1, 0.15) is 12.1 Å². The molecule has 0 aromatic heterocycles. The third kappa shape index (κ3) is 7.35. The number of non-ortho nitro benzene ring substituents is 2. The maximum atomic E-state index is 14.2. The molecule has 2 amide bonds. The number of hydrogen-bond donors (Lipinski definition) is 2. The van der Waals surface area contributed by atoms with Crippen molar-refractivity contribution >= 4 is 57.8 Å². The molecule has 226 valence electrons. The van der Waals surface area contributed by atoms with E-state index in [0.29, 0.717) is 25.6 Å². The molecule has 2 heterocycles. The Balaban J connectivity index is 1.73. The summed E-state index contributed by atoms with van der Waals surface area (Å²) in [5.74, 6) is -0.635. The molecule has 12 nitrogen and oxygen atoms in total. The molecule has 2 fully saturated rings. The van der Waals surface area contributed by atoms with Gasteiger partial charge in [0, 0.05) is 36.9 Å². The number of likely N-dealkylation sites (tertiary alicyclic amines) is 2. The third-order valence-electron chi connectivity index (χ3n) is 7.97. The van der Waals surface area contributed by atoms with E-state index < -0.39 is 33.7 Å². The Morgan fingerprint density at radius 1 is 0.833 bits per heavy atom. The van der Waals surface area contributed by atoms with Crippen molar-refractivity contribution in [2.45, 2.75) is 64.1 Å². The van der Waals surface area contributed by atoms with Crippen molar-refractivity contribution in [2.24, 2.45) is 5.92 Å². The number of carbonyl (C=O) groups is 2. The van der Waals surface area contributed by atoms with Gasteiger partial charge in [-0.05, 0) is 63.7 Å². The molecule has 4 atom stereocenters. The molecular weight excluding hydrogens is 587 g/mol. The lowest BCUT2D eigenvalue weighted by molar-refractivity contribution is -0.385. The van der Waals surface area contributed by atoms with Gasteiger partial charge >= 0.3 is 0 Å². The lowest BCUT2D eigenvalue weighted by atomic mass is 9.92. The summed E-state index contributed by atoms with van der Waals surface area (Å²) < 4.78 is 0. The fourth-order valence-corrected chi connectivity index (χ4v) is 6.29. The van der Waals surface area contributed by atoms with Crippen molar-refractivity contribution in [1.29, 1.82) is 0 Å². The molecule has 0 saturated carbocycles. The van der Waals surface area contributed by atoms with Crippen LogP contribution in [0.25, 0.3) is 0 Å². The Kier molecular flexibility index (Phi) is 10.4. The number of piperidine rings is 2. The van der Waals surface area contributed by atoms with Crippen LogP contribution >= 0.6 is 23.2 Å². The number of amides is 2. The standard InChI is InChI=1S/C28H34Cl2N6O6/c1-17-6-5-12-33(16-17)25(27(37)31-23-10-8-19(35(39)40)14-21(23)29)26(34-13-4-3-7-18(34)2)28(38)32-24-11-9-20(36(41)42)15-22(24)30/h8-11,14-15,17-18,25-26H,3-7,12-13,16H2,1-2H3,(H,31,37)(H,32,38). The Morgan fingerprint density at radius 3 is 1.86 bits per heavy atom. The Labute approximate surface area is 253 Å². The van der Waals surface area contributed by atoms with Crippen molar-refractivity contribution < 1.29 is 19.4 Å². The van der Waals surface area contributed by atoms with Crippen molar-refractivity contribution in [3.63, 3.8) is 0 Å². The predicted molar refractivity (Wildman–Crippen MR) is 161 cm³/mol. The average Bonchev–Trinajstić information content (AvgIpc) is 2.94. The fraction of sp³-hybridized carbons (Fsp3) is 0.500. The van der Waals surface area contributed by atoms with Crippen LogP contribution in [0.2, 0.25) is 10.0 Å². The number of carbonyl (C=O) groups excluding carboxylic acids is 2. The van der Waals surface area contributed by atoms with Gasteiger partial charge in [-0.15, -0.1) is 0 Å². The van der Waals surface area contributed by atoms with Crippen LogP contribution in [-0.4, -0.2) is 69.2 Å². The molecule has 2 aromatic carbocycles. The summed E-state index contributed by atoms with van der Waals surface area (Å²) in [5, 5.41) is 28.1. The molecule has 0 bridgehead atoms. The highest BCUT2D eigenvalue weighted by atomic mass is 35.5. The molecule has 2 aliphatic heterocycles. The van der Waals surface area contributed by atoms with E-state index in [1.165, 1.54) is 36.4 Å². The summed E-state index contributed by atoms with van der Waals surface area (Å²) in [4.78, 5) is 53.6. The first kappa shape index (κ1) is 31.6. The van der Waals surface area contributed by atoms with Gasteiger partial charge in [0.15, 0.2) is 0 Å². The minimum absolute atomic E-state index is 0.00214. The van der Waals surface area contributed by atoms with E-state index in [9.17, 15) is 29.8 Å². The quantitative estimate of drug-likeness (QED) is 0.266. The van der Waals surface area contributed by atoms with Crippen LogP contribution in [0, 0.1) is 26.1 Å². The molecule has 14 heteroatoms. The molecule has 2 aliphatic rings. The van der Waals surface area contributed by atoms with Gasteiger partial charge in [0.2, 0.25) is 11.8 Å². The Hall–Kier alpha value is -3.32. The molecule has 4 rings (SSSR count). The van der Waals surface area contributed by atoms with Crippen molar-refractivity contribution in [3.8, 4) is 0 Å².